The highest BCUT2D eigenvalue weighted by Crippen LogP contribution is 2.23. The molecule has 1 aliphatic heterocycles. The largest absolute Gasteiger partial charge is 0.392 e. The van der Waals surface area contributed by atoms with Crippen molar-refractivity contribution < 1.29 is 0 Å². The molecule has 1 fully saturated rings. The first-order chi connectivity index (χ1) is 7.79. The zero-order chi connectivity index (χ0) is 11.4. The molecule has 0 aromatic carbocycles. The molecule has 1 saturated heterocycles. The predicted molar refractivity (Wildman–Crippen MR) is 72.9 cm³/mol. The molecule has 2 heterocycles. The van der Waals surface area contributed by atoms with Gasteiger partial charge in [0.2, 0.25) is 0 Å². The maximum atomic E-state index is 5.88. The van der Waals surface area contributed by atoms with E-state index in [1.807, 2.05) is 0 Å². The molecular weight excluding hydrogens is 238 g/mol. The van der Waals surface area contributed by atoms with E-state index in [0.29, 0.717) is 4.99 Å². The predicted octanol–water partition coefficient (Wildman–Crippen LogP) is 1.37. The summed E-state index contributed by atoms with van der Waals surface area (Å²) in [7, 11) is 0. The third-order valence-corrected chi connectivity index (χ3v) is 3.79. The smallest absolute Gasteiger partial charge is 0.0948 e. The van der Waals surface area contributed by atoms with E-state index >= 15 is 0 Å². The van der Waals surface area contributed by atoms with Gasteiger partial charge in [-0.15, -0.1) is 0 Å². The van der Waals surface area contributed by atoms with Crippen LogP contribution in [-0.4, -0.2) is 36.1 Å². The Bertz CT molecular complexity index is 329. The summed E-state index contributed by atoms with van der Waals surface area (Å²) in [6.07, 6.45) is 1.16. The van der Waals surface area contributed by atoms with Crippen molar-refractivity contribution in [3.05, 3.63) is 22.4 Å². The fourth-order valence-electron chi connectivity index (χ4n) is 2.11. The second kappa shape index (κ2) is 5.72. The first-order valence-electron chi connectivity index (χ1n) is 5.55. The van der Waals surface area contributed by atoms with Gasteiger partial charge >= 0.3 is 0 Å². The molecule has 16 heavy (non-hydrogen) atoms. The van der Waals surface area contributed by atoms with E-state index in [2.05, 4.69) is 27.0 Å². The van der Waals surface area contributed by atoms with Crippen molar-refractivity contribution in [3.63, 3.8) is 0 Å². The number of thiocarbonyl (C=S) groups is 1. The first kappa shape index (κ1) is 12.0. The van der Waals surface area contributed by atoms with Gasteiger partial charge in [-0.3, -0.25) is 4.90 Å². The number of hydrogen-bond acceptors (Lipinski definition) is 4. The van der Waals surface area contributed by atoms with Gasteiger partial charge in [0.25, 0.3) is 0 Å². The molecule has 0 aliphatic carbocycles. The van der Waals surface area contributed by atoms with Gasteiger partial charge in [0.05, 0.1) is 11.0 Å². The zero-order valence-electron chi connectivity index (χ0n) is 9.19. The lowest BCUT2D eigenvalue weighted by atomic mass is 10.1. The lowest BCUT2D eigenvalue weighted by Crippen LogP contribution is -2.38. The number of rotatable bonds is 3. The average Bonchev–Trinajstić information content (AvgIpc) is 2.62. The van der Waals surface area contributed by atoms with Crippen molar-refractivity contribution in [2.45, 2.75) is 12.5 Å². The molecule has 3 N–H and O–H groups in total. The summed E-state index contributed by atoms with van der Waals surface area (Å²) >= 11 is 6.91. The van der Waals surface area contributed by atoms with Crippen molar-refractivity contribution in [2.75, 3.05) is 26.2 Å². The van der Waals surface area contributed by atoms with E-state index in [9.17, 15) is 0 Å². The molecule has 88 valence electrons. The number of nitrogens with zero attached hydrogens (tertiary/aromatic N) is 1. The van der Waals surface area contributed by atoms with E-state index in [0.717, 1.165) is 32.6 Å². The summed E-state index contributed by atoms with van der Waals surface area (Å²) < 4.78 is 0. The van der Waals surface area contributed by atoms with Crippen molar-refractivity contribution in [1.29, 1.82) is 0 Å². The van der Waals surface area contributed by atoms with E-state index in [1.165, 1.54) is 5.56 Å². The summed E-state index contributed by atoms with van der Waals surface area (Å²) in [6, 6.07) is 2.23. The van der Waals surface area contributed by atoms with Crippen molar-refractivity contribution in [1.82, 2.24) is 10.2 Å². The van der Waals surface area contributed by atoms with Crippen molar-refractivity contribution in [2.24, 2.45) is 5.73 Å². The summed E-state index contributed by atoms with van der Waals surface area (Å²) in [4.78, 5) is 2.96. The lowest BCUT2D eigenvalue weighted by Gasteiger charge is -2.29. The van der Waals surface area contributed by atoms with Gasteiger partial charge in [0, 0.05) is 19.6 Å². The fourth-order valence-corrected chi connectivity index (χ4v) is 3.07. The summed E-state index contributed by atoms with van der Waals surface area (Å²) in [5.74, 6) is 0. The van der Waals surface area contributed by atoms with E-state index in [1.54, 1.807) is 11.3 Å². The molecule has 1 unspecified atom stereocenters. The van der Waals surface area contributed by atoms with Crippen LogP contribution in [0.15, 0.2) is 16.8 Å². The van der Waals surface area contributed by atoms with Crippen LogP contribution in [0.2, 0.25) is 0 Å². The summed E-state index contributed by atoms with van der Waals surface area (Å²) in [5.41, 5.74) is 7.12. The molecule has 5 heteroatoms. The Morgan fingerprint density at radius 3 is 3.06 bits per heavy atom. The van der Waals surface area contributed by atoms with Crippen LogP contribution in [-0.2, 0) is 0 Å². The van der Waals surface area contributed by atoms with Gasteiger partial charge in [-0.25, -0.2) is 0 Å². The summed E-state index contributed by atoms with van der Waals surface area (Å²) in [5, 5.41) is 7.61. The van der Waals surface area contributed by atoms with Gasteiger partial charge in [-0.05, 0) is 35.4 Å². The lowest BCUT2D eigenvalue weighted by molar-refractivity contribution is 0.262. The van der Waals surface area contributed by atoms with Crippen LogP contribution in [0.25, 0.3) is 0 Å². The van der Waals surface area contributed by atoms with E-state index in [4.69, 9.17) is 18.0 Å². The van der Waals surface area contributed by atoms with Gasteiger partial charge < -0.3 is 11.1 Å². The highest BCUT2D eigenvalue weighted by atomic mass is 32.1. The van der Waals surface area contributed by atoms with Crippen LogP contribution in [0.1, 0.15) is 18.0 Å². The van der Waals surface area contributed by atoms with Gasteiger partial charge in [-0.1, -0.05) is 12.2 Å². The molecule has 0 amide bonds. The standard InChI is InChI=1S/C11H17N3S2/c12-11(15)10(9-2-7-16-8-9)14-5-1-3-13-4-6-14/h2,7-8,10,13H,1,3-6H2,(H2,12,15). The number of thiophene rings is 1. The van der Waals surface area contributed by atoms with Crippen LogP contribution in [0.5, 0.6) is 0 Å². The van der Waals surface area contributed by atoms with Crippen LogP contribution in [0.3, 0.4) is 0 Å². The number of hydrogen-bond donors (Lipinski definition) is 2. The second-order valence-electron chi connectivity index (χ2n) is 4.00. The van der Waals surface area contributed by atoms with Crippen LogP contribution in [0.4, 0.5) is 0 Å². The van der Waals surface area contributed by atoms with Crippen molar-refractivity contribution >= 4 is 28.5 Å². The highest BCUT2D eigenvalue weighted by Gasteiger charge is 2.23. The molecular formula is C11H17N3S2. The molecule has 1 aliphatic rings. The Labute approximate surface area is 106 Å². The average molecular weight is 255 g/mol. The third-order valence-electron chi connectivity index (χ3n) is 2.87. The number of nitrogens with two attached hydrogens (primary N) is 1. The number of nitrogens with one attached hydrogen (secondary N) is 1. The molecule has 0 radical (unpaired) electrons. The maximum Gasteiger partial charge on any atom is 0.0948 e. The van der Waals surface area contributed by atoms with E-state index < -0.39 is 0 Å². The molecule has 0 spiro atoms. The Balaban J connectivity index is 2.15. The van der Waals surface area contributed by atoms with Gasteiger partial charge in [0.15, 0.2) is 0 Å². The highest BCUT2D eigenvalue weighted by molar-refractivity contribution is 7.80. The molecule has 3 nitrogen and oxygen atoms in total. The summed E-state index contributed by atoms with van der Waals surface area (Å²) in [6.45, 7) is 4.18. The van der Waals surface area contributed by atoms with Crippen LogP contribution < -0.4 is 11.1 Å². The monoisotopic (exact) mass is 255 g/mol. The minimum absolute atomic E-state index is 0.112. The Morgan fingerprint density at radius 2 is 2.38 bits per heavy atom. The maximum absolute atomic E-state index is 5.88. The fraction of sp³-hybridized carbons (Fsp3) is 0.545. The zero-order valence-corrected chi connectivity index (χ0v) is 10.8. The Morgan fingerprint density at radius 1 is 1.50 bits per heavy atom. The molecule has 0 bridgehead atoms. The molecule has 1 atom stereocenters. The SMILES string of the molecule is NC(=S)C(c1ccsc1)N1CCCNCC1. The second-order valence-corrected chi connectivity index (χ2v) is 5.25. The van der Waals surface area contributed by atoms with E-state index in [-0.39, 0.29) is 6.04 Å². The molecule has 2 rings (SSSR count). The Hall–Kier alpha value is -0.490. The third kappa shape index (κ3) is 2.79. The minimum Gasteiger partial charge on any atom is -0.392 e. The van der Waals surface area contributed by atoms with Crippen LogP contribution in [0, 0.1) is 0 Å². The minimum atomic E-state index is 0.112. The topological polar surface area (TPSA) is 41.3 Å². The first-order valence-corrected chi connectivity index (χ1v) is 6.90. The quantitative estimate of drug-likeness (QED) is 0.801. The van der Waals surface area contributed by atoms with Crippen molar-refractivity contribution in [3.8, 4) is 0 Å². The van der Waals surface area contributed by atoms with Crippen LogP contribution >= 0.6 is 23.6 Å². The van der Waals surface area contributed by atoms with Gasteiger partial charge in [0.1, 0.15) is 0 Å². The Kier molecular flexibility index (Phi) is 4.29. The molecule has 1 aromatic rings. The van der Waals surface area contributed by atoms with Gasteiger partial charge in [-0.2, -0.15) is 11.3 Å². The normalized spacial score (nSPS) is 20.2. The molecule has 1 aromatic heterocycles. The molecule has 0 saturated carbocycles.